The third-order valence-electron chi connectivity index (χ3n) is 3.37. The fourth-order valence-corrected chi connectivity index (χ4v) is 1.99. The number of carbonyl (C=O) groups excluding carboxylic acids is 1. The fourth-order valence-electron chi connectivity index (χ4n) is 1.99. The first-order valence-corrected chi connectivity index (χ1v) is 6.18. The number of hydrogen-bond donors (Lipinski definition) is 0. The van der Waals surface area contributed by atoms with Crippen LogP contribution >= 0.6 is 0 Å². The zero-order valence-electron chi connectivity index (χ0n) is 10.7. The predicted molar refractivity (Wildman–Crippen MR) is 64.0 cm³/mol. The van der Waals surface area contributed by atoms with Gasteiger partial charge in [0.2, 0.25) is 0 Å². The monoisotopic (exact) mass is 211 g/mol. The highest BCUT2D eigenvalue weighted by atomic mass is 16.1. The molecule has 88 valence electrons. The van der Waals surface area contributed by atoms with Crippen molar-refractivity contribution in [3.8, 4) is 0 Å². The minimum Gasteiger partial charge on any atom is -0.298 e. The first-order chi connectivity index (χ1) is 6.91. The Morgan fingerprint density at radius 2 is 1.93 bits per heavy atom. The van der Waals surface area contributed by atoms with Crippen LogP contribution in [-0.2, 0) is 4.79 Å². The summed E-state index contributed by atoms with van der Waals surface area (Å²) in [5.74, 6) is 0.372. The van der Waals surface area contributed by atoms with E-state index in [0.29, 0.717) is 18.4 Å². The van der Waals surface area contributed by atoms with Gasteiger partial charge in [0.05, 0.1) is 6.54 Å². The van der Waals surface area contributed by atoms with E-state index in [9.17, 15) is 4.79 Å². The van der Waals surface area contributed by atoms with Crippen molar-refractivity contribution in [3.05, 3.63) is 0 Å². The molecular formula is C13H25NO. The molecule has 0 aromatic carbocycles. The van der Waals surface area contributed by atoms with Crippen LogP contribution in [0.3, 0.4) is 0 Å². The normalized spacial score (nSPS) is 24.9. The van der Waals surface area contributed by atoms with E-state index < -0.39 is 0 Å². The number of carbonyl (C=O) groups is 1. The molecule has 0 aromatic rings. The molecule has 1 atom stereocenters. The zero-order chi connectivity index (χ0) is 11.5. The van der Waals surface area contributed by atoms with Crippen molar-refractivity contribution < 1.29 is 4.79 Å². The van der Waals surface area contributed by atoms with Gasteiger partial charge < -0.3 is 0 Å². The maximum absolute atomic E-state index is 11.9. The quantitative estimate of drug-likeness (QED) is 0.700. The van der Waals surface area contributed by atoms with Crippen molar-refractivity contribution in [2.45, 2.75) is 59.4 Å². The van der Waals surface area contributed by atoms with Crippen LogP contribution < -0.4 is 0 Å². The molecule has 0 saturated carbocycles. The summed E-state index contributed by atoms with van der Waals surface area (Å²) in [5.41, 5.74) is -0.188. The second kappa shape index (κ2) is 5.11. The van der Waals surface area contributed by atoms with Crippen molar-refractivity contribution in [3.63, 3.8) is 0 Å². The summed E-state index contributed by atoms with van der Waals surface area (Å²) < 4.78 is 0. The molecule has 0 spiro atoms. The predicted octanol–water partition coefficient (Wildman–Crippen LogP) is 2.87. The summed E-state index contributed by atoms with van der Waals surface area (Å²) in [7, 11) is 0. The van der Waals surface area contributed by atoms with Crippen molar-refractivity contribution in [1.29, 1.82) is 0 Å². The van der Waals surface area contributed by atoms with Crippen LogP contribution in [0.1, 0.15) is 53.4 Å². The number of ketones is 1. The van der Waals surface area contributed by atoms with E-state index in [2.05, 4.69) is 11.8 Å². The Morgan fingerprint density at radius 1 is 1.27 bits per heavy atom. The van der Waals surface area contributed by atoms with Crippen LogP contribution in [0.25, 0.3) is 0 Å². The molecule has 2 heteroatoms. The molecule has 0 bridgehead atoms. The van der Waals surface area contributed by atoms with Gasteiger partial charge in [0.25, 0.3) is 0 Å². The van der Waals surface area contributed by atoms with Gasteiger partial charge in [-0.05, 0) is 26.3 Å². The highest BCUT2D eigenvalue weighted by Gasteiger charge is 2.26. The Kier molecular flexibility index (Phi) is 4.32. The number of likely N-dealkylation sites (tertiary alicyclic amines) is 1. The van der Waals surface area contributed by atoms with Crippen LogP contribution in [0.5, 0.6) is 0 Å². The van der Waals surface area contributed by atoms with E-state index >= 15 is 0 Å². The van der Waals surface area contributed by atoms with E-state index in [4.69, 9.17) is 0 Å². The molecule has 1 aliphatic heterocycles. The van der Waals surface area contributed by atoms with E-state index in [1.165, 1.54) is 25.7 Å². The minimum absolute atomic E-state index is 0.188. The van der Waals surface area contributed by atoms with Crippen LogP contribution in [0, 0.1) is 5.41 Å². The maximum atomic E-state index is 11.9. The molecular weight excluding hydrogens is 186 g/mol. The van der Waals surface area contributed by atoms with Crippen molar-refractivity contribution in [2.24, 2.45) is 5.41 Å². The van der Waals surface area contributed by atoms with Crippen LogP contribution in [0.15, 0.2) is 0 Å². The Labute approximate surface area is 94.0 Å². The molecule has 0 aliphatic carbocycles. The van der Waals surface area contributed by atoms with Gasteiger partial charge >= 0.3 is 0 Å². The van der Waals surface area contributed by atoms with Gasteiger partial charge in [0.1, 0.15) is 0 Å². The topological polar surface area (TPSA) is 20.3 Å². The van der Waals surface area contributed by atoms with E-state index in [-0.39, 0.29) is 5.41 Å². The average molecular weight is 211 g/mol. The number of nitrogens with zero attached hydrogens (tertiary/aromatic N) is 1. The van der Waals surface area contributed by atoms with E-state index in [1.54, 1.807) is 0 Å². The molecule has 1 rings (SSSR count). The Morgan fingerprint density at radius 3 is 2.53 bits per heavy atom. The molecule has 0 N–H and O–H groups in total. The smallest absolute Gasteiger partial charge is 0.152 e. The first kappa shape index (κ1) is 12.7. The van der Waals surface area contributed by atoms with Crippen LogP contribution in [0.4, 0.5) is 0 Å². The second-order valence-corrected chi connectivity index (χ2v) is 5.84. The summed E-state index contributed by atoms with van der Waals surface area (Å²) in [6.45, 7) is 10.0. The lowest BCUT2D eigenvalue weighted by molar-refractivity contribution is -0.128. The lowest BCUT2D eigenvalue weighted by Gasteiger charge is -2.29. The SMILES string of the molecule is CC1CCCCCN1CC(=O)C(C)(C)C. The average Bonchev–Trinajstić information content (AvgIpc) is 2.30. The summed E-state index contributed by atoms with van der Waals surface area (Å²) in [5, 5.41) is 0. The van der Waals surface area contributed by atoms with Gasteiger partial charge in [-0.2, -0.15) is 0 Å². The van der Waals surface area contributed by atoms with Crippen molar-refractivity contribution >= 4 is 5.78 Å². The number of Topliss-reactive ketones (excluding diaryl/α,β-unsaturated/α-hetero) is 1. The lowest BCUT2D eigenvalue weighted by atomic mass is 9.90. The summed E-state index contributed by atoms with van der Waals surface area (Å²) >= 11 is 0. The summed E-state index contributed by atoms with van der Waals surface area (Å²) in [6, 6.07) is 0.582. The molecule has 1 unspecified atom stereocenters. The molecule has 1 heterocycles. The Hall–Kier alpha value is -0.370. The van der Waals surface area contributed by atoms with E-state index in [0.717, 1.165) is 6.54 Å². The van der Waals surface area contributed by atoms with Gasteiger partial charge in [-0.1, -0.05) is 33.6 Å². The van der Waals surface area contributed by atoms with Gasteiger partial charge in [-0.25, -0.2) is 0 Å². The third kappa shape index (κ3) is 3.94. The fraction of sp³-hybridized carbons (Fsp3) is 0.923. The van der Waals surface area contributed by atoms with Crippen LogP contribution in [0.2, 0.25) is 0 Å². The second-order valence-electron chi connectivity index (χ2n) is 5.84. The molecule has 0 amide bonds. The van der Waals surface area contributed by atoms with E-state index in [1.807, 2.05) is 20.8 Å². The number of hydrogen-bond acceptors (Lipinski definition) is 2. The summed E-state index contributed by atoms with van der Waals surface area (Å²) in [6.07, 6.45) is 5.14. The third-order valence-corrected chi connectivity index (χ3v) is 3.37. The molecule has 0 radical (unpaired) electrons. The van der Waals surface area contributed by atoms with Gasteiger partial charge in [-0.3, -0.25) is 9.69 Å². The minimum atomic E-state index is -0.188. The lowest BCUT2D eigenvalue weighted by Crippen LogP contribution is -2.40. The molecule has 1 aliphatic rings. The molecule has 15 heavy (non-hydrogen) atoms. The van der Waals surface area contributed by atoms with Gasteiger partial charge in [-0.15, -0.1) is 0 Å². The maximum Gasteiger partial charge on any atom is 0.152 e. The zero-order valence-corrected chi connectivity index (χ0v) is 10.7. The highest BCUT2D eigenvalue weighted by Crippen LogP contribution is 2.20. The molecule has 0 aromatic heterocycles. The molecule has 1 saturated heterocycles. The van der Waals surface area contributed by atoms with Gasteiger partial charge in [0, 0.05) is 11.5 Å². The number of rotatable bonds is 2. The first-order valence-electron chi connectivity index (χ1n) is 6.18. The van der Waals surface area contributed by atoms with Gasteiger partial charge in [0.15, 0.2) is 5.78 Å². The summed E-state index contributed by atoms with van der Waals surface area (Å²) in [4.78, 5) is 14.3. The highest BCUT2D eigenvalue weighted by molar-refractivity contribution is 5.85. The molecule has 2 nitrogen and oxygen atoms in total. The Balaban J connectivity index is 2.52. The Bertz CT molecular complexity index is 217. The molecule has 1 fully saturated rings. The van der Waals surface area contributed by atoms with Crippen molar-refractivity contribution in [2.75, 3.05) is 13.1 Å². The van der Waals surface area contributed by atoms with Crippen molar-refractivity contribution in [1.82, 2.24) is 4.90 Å². The van der Waals surface area contributed by atoms with Crippen LogP contribution in [-0.4, -0.2) is 29.8 Å². The standard InChI is InChI=1S/C13H25NO/c1-11-8-6-5-7-9-14(11)10-12(15)13(2,3)4/h11H,5-10H2,1-4H3. The largest absolute Gasteiger partial charge is 0.298 e.